The van der Waals surface area contributed by atoms with Crippen LogP contribution in [0, 0.1) is 5.92 Å². The molecule has 0 radical (unpaired) electrons. The van der Waals surface area contributed by atoms with Crippen LogP contribution in [-0.2, 0) is 14.3 Å². The molecule has 2 heterocycles. The second-order valence-corrected chi connectivity index (χ2v) is 6.99. The van der Waals surface area contributed by atoms with E-state index in [1.807, 2.05) is 24.3 Å². The molecule has 0 bridgehead atoms. The van der Waals surface area contributed by atoms with Crippen LogP contribution in [-0.4, -0.2) is 43.7 Å². The van der Waals surface area contributed by atoms with Crippen molar-refractivity contribution in [3.05, 3.63) is 24.3 Å². The molecule has 0 aliphatic carbocycles. The molecule has 0 saturated carbocycles. The van der Waals surface area contributed by atoms with Gasteiger partial charge < -0.3 is 19.7 Å². The summed E-state index contributed by atoms with van der Waals surface area (Å²) in [6, 6.07) is 7.57. The highest BCUT2D eigenvalue weighted by molar-refractivity contribution is 5.98. The number of carbonyl (C=O) groups excluding carboxylic acids is 2. The maximum atomic E-state index is 12.3. The lowest BCUT2D eigenvalue weighted by atomic mass is 9.95. The number of amides is 2. The fourth-order valence-electron chi connectivity index (χ4n) is 3.34. The van der Waals surface area contributed by atoms with Crippen LogP contribution >= 0.6 is 0 Å². The Kier molecular flexibility index (Phi) is 5.58. The van der Waals surface area contributed by atoms with Crippen molar-refractivity contribution in [3.8, 4) is 5.75 Å². The normalized spacial score (nSPS) is 23.2. The predicted octanol–water partition coefficient (Wildman–Crippen LogP) is 2.12. The van der Waals surface area contributed by atoms with Crippen LogP contribution in [0.3, 0.4) is 0 Å². The summed E-state index contributed by atoms with van der Waals surface area (Å²) in [6.45, 7) is 5.34. The van der Waals surface area contributed by atoms with Crippen molar-refractivity contribution in [2.75, 3.05) is 24.7 Å². The van der Waals surface area contributed by atoms with E-state index in [4.69, 9.17) is 9.47 Å². The minimum absolute atomic E-state index is 0.0221. The van der Waals surface area contributed by atoms with Gasteiger partial charge in [0.15, 0.2) is 6.61 Å². The summed E-state index contributed by atoms with van der Waals surface area (Å²) in [4.78, 5) is 26.1. The molecule has 1 fully saturated rings. The van der Waals surface area contributed by atoms with Crippen LogP contribution in [0.2, 0.25) is 0 Å². The van der Waals surface area contributed by atoms with Gasteiger partial charge in [0.1, 0.15) is 5.75 Å². The Bertz CT molecular complexity index is 632. The van der Waals surface area contributed by atoms with Gasteiger partial charge in [-0.05, 0) is 30.9 Å². The molecular weight excluding hydrogens is 320 g/mol. The number of anilines is 1. The number of hydrogen-bond acceptors (Lipinski definition) is 4. The third-order valence-corrected chi connectivity index (χ3v) is 4.79. The molecule has 25 heavy (non-hydrogen) atoms. The van der Waals surface area contributed by atoms with E-state index in [-0.39, 0.29) is 37.0 Å². The van der Waals surface area contributed by atoms with E-state index in [9.17, 15) is 9.59 Å². The van der Waals surface area contributed by atoms with Gasteiger partial charge in [-0.3, -0.25) is 9.59 Å². The Morgan fingerprint density at radius 1 is 1.36 bits per heavy atom. The third kappa shape index (κ3) is 4.31. The lowest BCUT2D eigenvalue weighted by Crippen LogP contribution is -2.45. The Balaban J connectivity index is 1.53. The first-order chi connectivity index (χ1) is 12.0. The van der Waals surface area contributed by atoms with Gasteiger partial charge in [-0.1, -0.05) is 26.0 Å². The minimum Gasteiger partial charge on any atom is -0.482 e. The van der Waals surface area contributed by atoms with Crippen molar-refractivity contribution in [1.29, 1.82) is 0 Å². The average molecular weight is 346 g/mol. The Hall–Kier alpha value is -2.08. The summed E-state index contributed by atoms with van der Waals surface area (Å²) in [7, 11) is 0. The van der Waals surface area contributed by atoms with E-state index in [0.717, 1.165) is 18.5 Å². The number of para-hydroxylation sites is 2. The van der Waals surface area contributed by atoms with Crippen LogP contribution in [0.4, 0.5) is 5.69 Å². The molecule has 2 atom stereocenters. The number of benzene rings is 1. The molecule has 0 spiro atoms. The molecular formula is C19H26N2O4. The van der Waals surface area contributed by atoms with Gasteiger partial charge in [-0.25, -0.2) is 0 Å². The highest BCUT2D eigenvalue weighted by Crippen LogP contribution is 2.31. The lowest BCUT2D eigenvalue weighted by molar-refractivity contribution is -0.123. The van der Waals surface area contributed by atoms with Crippen LogP contribution < -0.4 is 15.0 Å². The topological polar surface area (TPSA) is 67.9 Å². The van der Waals surface area contributed by atoms with E-state index in [0.29, 0.717) is 24.8 Å². The summed E-state index contributed by atoms with van der Waals surface area (Å²) < 4.78 is 11.2. The maximum Gasteiger partial charge on any atom is 0.265 e. The molecule has 0 unspecified atom stereocenters. The molecule has 1 N–H and O–H groups in total. The average Bonchev–Trinajstić information content (AvgIpc) is 2.61. The maximum absolute atomic E-state index is 12.3. The number of hydrogen-bond donors (Lipinski definition) is 1. The first-order valence-electron chi connectivity index (χ1n) is 8.97. The van der Waals surface area contributed by atoms with Crippen LogP contribution in [0.5, 0.6) is 5.75 Å². The van der Waals surface area contributed by atoms with Gasteiger partial charge >= 0.3 is 0 Å². The molecule has 2 amide bonds. The smallest absolute Gasteiger partial charge is 0.265 e. The molecule has 1 aromatic rings. The molecule has 1 aromatic carbocycles. The number of nitrogens with one attached hydrogen (secondary N) is 1. The standard InChI is InChI=1S/C19H26N2O4/c1-13(2)17-11-14(8-10-24-17)20-18(22)7-9-21-15-5-3-4-6-16(15)25-12-19(21)23/h3-6,13-14,17H,7-12H2,1-2H3,(H,20,22)/t14-,17-/m0/s1. The summed E-state index contributed by atoms with van der Waals surface area (Å²) in [6.07, 6.45) is 2.17. The first-order valence-corrected chi connectivity index (χ1v) is 8.97. The number of rotatable bonds is 5. The fraction of sp³-hybridized carbons (Fsp3) is 0.579. The van der Waals surface area contributed by atoms with Crippen molar-refractivity contribution in [2.45, 2.75) is 45.3 Å². The summed E-state index contributed by atoms with van der Waals surface area (Å²) in [5.41, 5.74) is 0.734. The van der Waals surface area contributed by atoms with Gasteiger partial charge in [0, 0.05) is 25.6 Å². The lowest BCUT2D eigenvalue weighted by Gasteiger charge is -2.33. The zero-order valence-electron chi connectivity index (χ0n) is 14.9. The largest absolute Gasteiger partial charge is 0.482 e. The van der Waals surface area contributed by atoms with E-state index in [1.54, 1.807) is 4.90 Å². The summed E-state index contributed by atoms with van der Waals surface area (Å²) in [5, 5.41) is 3.09. The van der Waals surface area contributed by atoms with Crippen molar-refractivity contribution in [3.63, 3.8) is 0 Å². The van der Waals surface area contributed by atoms with Crippen molar-refractivity contribution in [2.24, 2.45) is 5.92 Å². The van der Waals surface area contributed by atoms with Gasteiger partial charge in [-0.15, -0.1) is 0 Å². The van der Waals surface area contributed by atoms with Crippen LogP contribution in [0.15, 0.2) is 24.3 Å². The second-order valence-electron chi connectivity index (χ2n) is 6.99. The summed E-state index contributed by atoms with van der Waals surface area (Å²) >= 11 is 0. The van der Waals surface area contributed by atoms with Gasteiger partial charge in [-0.2, -0.15) is 0 Å². The Labute approximate surface area is 148 Å². The van der Waals surface area contributed by atoms with Gasteiger partial charge in [0.2, 0.25) is 5.91 Å². The van der Waals surface area contributed by atoms with Gasteiger partial charge in [0.25, 0.3) is 5.91 Å². The highest BCUT2D eigenvalue weighted by atomic mass is 16.5. The summed E-state index contributed by atoms with van der Waals surface area (Å²) in [5.74, 6) is 0.998. The Morgan fingerprint density at radius 2 is 2.16 bits per heavy atom. The van der Waals surface area contributed by atoms with Gasteiger partial charge in [0.05, 0.1) is 11.8 Å². The van der Waals surface area contributed by atoms with E-state index in [2.05, 4.69) is 19.2 Å². The predicted molar refractivity (Wildman–Crippen MR) is 94.6 cm³/mol. The van der Waals surface area contributed by atoms with Crippen molar-refractivity contribution in [1.82, 2.24) is 5.32 Å². The van der Waals surface area contributed by atoms with E-state index in [1.165, 1.54) is 0 Å². The molecule has 6 heteroatoms. The number of carbonyl (C=O) groups is 2. The zero-order chi connectivity index (χ0) is 17.8. The molecule has 0 aromatic heterocycles. The molecule has 3 rings (SSSR count). The number of ether oxygens (including phenoxy) is 2. The molecule has 1 saturated heterocycles. The van der Waals surface area contributed by atoms with Crippen molar-refractivity contribution < 1.29 is 19.1 Å². The quantitative estimate of drug-likeness (QED) is 0.887. The number of nitrogens with zero attached hydrogens (tertiary/aromatic N) is 1. The number of fused-ring (bicyclic) bond motifs is 1. The first kappa shape index (κ1) is 17.7. The zero-order valence-corrected chi connectivity index (χ0v) is 14.9. The molecule has 2 aliphatic heterocycles. The molecule has 136 valence electrons. The van der Waals surface area contributed by atoms with Crippen molar-refractivity contribution >= 4 is 17.5 Å². The fourth-order valence-corrected chi connectivity index (χ4v) is 3.34. The SMILES string of the molecule is CC(C)[C@@H]1C[C@@H](NC(=O)CCN2C(=O)COc3ccccc32)CCO1. The van der Waals surface area contributed by atoms with Crippen LogP contribution in [0.25, 0.3) is 0 Å². The third-order valence-electron chi connectivity index (χ3n) is 4.79. The molecule has 6 nitrogen and oxygen atoms in total. The minimum atomic E-state index is -0.113. The van der Waals surface area contributed by atoms with E-state index < -0.39 is 0 Å². The highest BCUT2D eigenvalue weighted by Gasteiger charge is 2.28. The molecule has 2 aliphatic rings. The van der Waals surface area contributed by atoms with E-state index >= 15 is 0 Å². The van der Waals surface area contributed by atoms with Crippen LogP contribution in [0.1, 0.15) is 33.1 Å². The Morgan fingerprint density at radius 3 is 2.96 bits per heavy atom. The second kappa shape index (κ2) is 7.87. The monoisotopic (exact) mass is 346 g/mol.